The fourth-order valence-electron chi connectivity index (χ4n) is 3.49. The maximum absolute atomic E-state index is 12.7. The van der Waals surface area contributed by atoms with E-state index in [9.17, 15) is 4.79 Å². The van der Waals surface area contributed by atoms with Gasteiger partial charge < -0.3 is 15.6 Å². The van der Waals surface area contributed by atoms with Gasteiger partial charge in [0.2, 0.25) is 5.95 Å². The van der Waals surface area contributed by atoms with Gasteiger partial charge >= 0.3 is 0 Å². The van der Waals surface area contributed by atoms with Gasteiger partial charge in [-0.25, -0.2) is 15.0 Å². The normalized spacial score (nSPS) is 11.0. The van der Waals surface area contributed by atoms with Crippen molar-refractivity contribution in [3.63, 3.8) is 0 Å². The number of H-pyrrole nitrogens is 1. The number of nitrogens with one attached hydrogen (secondary N) is 3. The van der Waals surface area contributed by atoms with E-state index in [1.54, 1.807) is 24.5 Å². The smallest absolute Gasteiger partial charge is 0.257 e. The van der Waals surface area contributed by atoms with Crippen LogP contribution in [0.4, 0.5) is 17.3 Å². The molecule has 5 rings (SSSR count). The molecule has 8 heteroatoms. The topological polar surface area (TPSA) is 108 Å². The largest absolute Gasteiger partial charge is 0.342 e. The molecule has 3 heterocycles. The molecule has 0 fully saturated rings. The van der Waals surface area contributed by atoms with Gasteiger partial charge in [-0.3, -0.25) is 9.78 Å². The highest BCUT2D eigenvalue weighted by molar-refractivity contribution is 6.08. The van der Waals surface area contributed by atoms with Crippen molar-refractivity contribution in [2.45, 2.75) is 13.8 Å². The fraction of sp³-hybridized carbons (Fsp3) is 0.0870. The highest BCUT2D eigenvalue weighted by atomic mass is 16.1. The lowest BCUT2D eigenvalue weighted by atomic mass is 10.1. The molecule has 0 aliphatic rings. The molecule has 0 unspecified atom stereocenters. The lowest BCUT2D eigenvalue weighted by Crippen LogP contribution is -2.12. The van der Waals surface area contributed by atoms with Crippen molar-refractivity contribution < 1.29 is 4.79 Å². The van der Waals surface area contributed by atoms with Crippen LogP contribution in [0.15, 0.2) is 61.1 Å². The Morgan fingerprint density at radius 1 is 1.00 bits per heavy atom. The van der Waals surface area contributed by atoms with Crippen LogP contribution in [0.25, 0.3) is 21.9 Å². The first-order valence-corrected chi connectivity index (χ1v) is 9.78. The summed E-state index contributed by atoms with van der Waals surface area (Å²) in [6.45, 7) is 3.89. The van der Waals surface area contributed by atoms with E-state index < -0.39 is 0 Å². The van der Waals surface area contributed by atoms with Gasteiger partial charge in [0.05, 0.1) is 22.3 Å². The van der Waals surface area contributed by atoms with E-state index in [1.165, 1.54) is 6.20 Å². The molecule has 3 aromatic heterocycles. The van der Waals surface area contributed by atoms with Gasteiger partial charge in [0.15, 0.2) is 0 Å². The summed E-state index contributed by atoms with van der Waals surface area (Å²) in [5, 5.41) is 7.16. The number of anilines is 3. The minimum atomic E-state index is -0.259. The predicted molar refractivity (Wildman–Crippen MR) is 121 cm³/mol. The molecule has 2 aromatic carbocycles. The van der Waals surface area contributed by atoms with E-state index in [-0.39, 0.29) is 5.91 Å². The summed E-state index contributed by atoms with van der Waals surface area (Å²) in [5.74, 6) is 0.966. The molecule has 0 saturated heterocycles. The first-order valence-electron chi connectivity index (χ1n) is 9.78. The molecule has 0 saturated carbocycles. The monoisotopic (exact) mass is 409 g/mol. The van der Waals surface area contributed by atoms with Crippen LogP contribution in [0.3, 0.4) is 0 Å². The van der Waals surface area contributed by atoms with Crippen LogP contribution in [-0.4, -0.2) is 30.8 Å². The summed E-state index contributed by atoms with van der Waals surface area (Å²) >= 11 is 0. The van der Waals surface area contributed by atoms with Crippen molar-refractivity contribution >= 4 is 45.2 Å². The second-order valence-corrected chi connectivity index (χ2v) is 7.27. The van der Waals surface area contributed by atoms with Crippen molar-refractivity contribution in [3.8, 4) is 0 Å². The SMILES string of the molecule is Cc1nc2c(NC(=O)c3cccnc3)cc(Nc3ncc4cccc(C)c4n3)cc2[nH]1. The highest BCUT2D eigenvalue weighted by Crippen LogP contribution is 2.29. The summed E-state index contributed by atoms with van der Waals surface area (Å²) in [5.41, 5.74) is 5.21. The van der Waals surface area contributed by atoms with Crippen molar-refractivity contribution in [2.24, 2.45) is 0 Å². The van der Waals surface area contributed by atoms with Crippen LogP contribution in [0.1, 0.15) is 21.7 Å². The van der Waals surface area contributed by atoms with Gasteiger partial charge in [0.1, 0.15) is 11.3 Å². The number of pyridine rings is 1. The lowest BCUT2D eigenvalue weighted by Gasteiger charge is -2.11. The molecule has 8 nitrogen and oxygen atoms in total. The zero-order valence-electron chi connectivity index (χ0n) is 17.0. The zero-order chi connectivity index (χ0) is 21.4. The molecule has 1 amide bonds. The Bertz CT molecular complexity index is 1430. The molecule has 0 spiro atoms. The number of para-hydroxylation sites is 1. The molecule has 152 valence electrons. The number of nitrogens with zero attached hydrogens (tertiary/aromatic N) is 4. The Labute approximate surface area is 177 Å². The van der Waals surface area contributed by atoms with E-state index in [1.807, 2.05) is 44.2 Å². The van der Waals surface area contributed by atoms with Gasteiger partial charge in [-0.05, 0) is 43.7 Å². The summed E-state index contributed by atoms with van der Waals surface area (Å²) in [7, 11) is 0. The maximum Gasteiger partial charge on any atom is 0.257 e. The zero-order valence-corrected chi connectivity index (χ0v) is 17.0. The van der Waals surface area contributed by atoms with E-state index >= 15 is 0 Å². The molecule has 0 aliphatic heterocycles. The second kappa shape index (κ2) is 7.49. The Morgan fingerprint density at radius 2 is 1.90 bits per heavy atom. The average Bonchev–Trinajstić information content (AvgIpc) is 3.15. The minimum Gasteiger partial charge on any atom is -0.342 e. The van der Waals surface area contributed by atoms with Crippen LogP contribution in [0.2, 0.25) is 0 Å². The number of hydrogen-bond acceptors (Lipinski definition) is 6. The molecule has 0 bridgehead atoms. The number of amides is 1. The number of imidazole rings is 1. The van der Waals surface area contributed by atoms with Gasteiger partial charge in [-0.1, -0.05) is 18.2 Å². The Balaban J connectivity index is 1.52. The van der Waals surface area contributed by atoms with Gasteiger partial charge in [-0.2, -0.15) is 0 Å². The van der Waals surface area contributed by atoms with Crippen LogP contribution in [0, 0.1) is 13.8 Å². The Hall–Kier alpha value is -4.33. The highest BCUT2D eigenvalue weighted by Gasteiger charge is 2.13. The summed E-state index contributed by atoms with van der Waals surface area (Å²) < 4.78 is 0. The Morgan fingerprint density at radius 3 is 2.74 bits per heavy atom. The van der Waals surface area contributed by atoms with Crippen molar-refractivity contribution in [3.05, 3.63) is 78.0 Å². The third-order valence-corrected chi connectivity index (χ3v) is 4.95. The van der Waals surface area contributed by atoms with E-state index in [2.05, 4.69) is 35.6 Å². The first kappa shape index (κ1) is 18.7. The number of carbonyl (C=O) groups is 1. The molecule has 5 aromatic rings. The second-order valence-electron chi connectivity index (χ2n) is 7.27. The van der Waals surface area contributed by atoms with Crippen molar-refractivity contribution in [1.82, 2.24) is 24.9 Å². The van der Waals surface area contributed by atoms with Crippen LogP contribution >= 0.6 is 0 Å². The fourth-order valence-corrected chi connectivity index (χ4v) is 3.49. The molecule has 0 radical (unpaired) electrons. The Kier molecular flexibility index (Phi) is 4.51. The molecular weight excluding hydrogens is 390 g/mol. The molecular formula is C23H19N7O. The van der Waals surface area contributed by atoms with Gasteiger partial charge in [-0.15, -0.1) is 0 Å². The number of aryl methyl sites for hydroxylation is 2. The van der Waals surface area contributed by atoms with Gasteiger partial charge in [0, 0.05) is 29.7 Å². The third-order valence-electron chi connectivity index (χ3n) is 4.95. The van der Waals surface area contributed by atoms with Crippen LogP contribution < -0.4 is 10.6 Å². The summed E-state index contributed by atoms with van der Waals surface area (Å²) in [6.07, 6.45) is 4.94. The van der Waals surface area contributed by atoms with Crippen LogP contribution in [-0.2, 0) is 0 Å². The van der Waals surface area contributed by atoms with E-state index in [4.69, 9.17) is 0 Å². The maximum atomic E-state index is 12.7. The van der Waals surface area contributed by atoms with Crippen LogP contribution in [0.5, 0.6) is 0 Å². The third kappa shape index (κ3) is 3.66. The number of carbonyl (C=O) groups excluding carboxylic acids is 1. The molecule has 0 atom stereocenters. The first-order chi connectivity index (χ1) is 15.1. The van der Waals surface area contributed by atoms with E-state index in [0.717, 1.165) is 33.5 Å². The standard InChI is InChI=1S/C23H19N7O/c1-13-5-3-6-15-12-25-23(30-20(13)15)28-17-9-18-21(27-14(2)26-18)19(10-17)29-22(31)16-7-4-8-24-11-16/h3-12H,1-2H3,(H,26,27)(H,29,31)(H,25,28,30). The number of hydrogen-bond donors (Lipinski definition) is 3. The lowest BCUT2D eigenvalue weighted by molar-refractivity contribution is 0.102. The number of fused-ring (bicyclic) bond motifs is 2. The van der Waals surface area contributed by atoms with Crippen molar-refractivity contribution in [2.75, 3.05) is 10.6 Å². The number of rotatable bonds is 4. The summed E-state index contributed by atoms with van der Waals surface area (Å²) in [4.78, 5) is 33.5. The number of benzene rings is 2. The number of aromatic nitrogens is 5. The summed E-state index contributed by atoms with van der Waals surface area (Å²) in [6, 6.07) is 13.2. The molecule has 31 heavy (non-hydrogen) atoms. The predicted octanol–water partition coefficient (Wildman–Crippen LogP) is 4.51. The number of aromatic amines is 1. The minimum absolute atomic E-state index is 0.259. The van der Waals surface area contributed by atoms with E-state index in [0.29, 0.717) is 22.7 Å². The van der Waals surface area contributed by atoms with Gasteiger partial charge in [0.25, 0.3) is 5.91 Å². The average molecular weight is 409 g/mol. The quantitative estimate of drug-likeness (QED) is 0.403. The van der Waals surface area contributed by atoms with Crippen molar-refractivity contribution in [1.29, 1.82) is 0 Å². The molecule has 3 N–H and O–H groups in total. The molecule has 0 aliphatic carbocycles.